The number of hydrogen-bond acceptors (Lipinski definition) is 6. The lowest BCUT2D eigenvalue weighted by Gasteiger charge is -2.08. The second-order valence-corrected chi connectivity index (χ2v) is 8.31. The minimum atomic E-state index is -0.0418. The van der Waals surface area contributed by atoms with E-state index in [1.807, 2.05) is 25.2 Å². The molecule has 0 saturated heterocycles. The molecule has 5 rings (SSSR count). The van der Waals surface area contributed by atoms with Gasteiger partial charge in [0.2, 0.25) is 0 Å². The van der Waals surface area contributed by atoms with Crippen molar-refractivity contribution in [3.8, 4) is 5.00 Å². The van der Waals surface area contributed by atoms with Gasteiger partial charge in [-0.05, 0) is 53.8 Å². The van der Waals surface area contributed by atoms with Crippen LogP contribution in [0.3, 0.4) is 0 Å². The molecule has 0 aliphatic heterocycles. The van der Waals surface area contributed by atoms with Crippen LogP contribution in [0.4, 0.5) is 0 Å². The van der Waals surface area contributed by atoms with Gasteiger partial charge in [-0.15, -0.1) is 16.4 Å². The molecule has 0 atom stereocenters. The Morgan fingerprint density at radius 3 is 3.00 bits per heavy atom. The van der Waals surface area contributed by atoms with E-state index in [1.54, 1.807) is 22.3 Å². The van der Waals surface area contributed by atoms with Crippen LogP contribution >= 0.6 is 11.3 Å². The Bertz CT molecular complexity index is 1180. The number of carbonyl (C=O) groups is 1. The quantitative estimate of drug-likeness (QED) is 0.496. The topological polar surface area (TPSA) is 90.5 Å². The third kappa shape index (κ3) is 3.21. The van der Waals surface area contributed by atoms with E-state index in [0.29, 0.717) is 6.54 Å². The molecular formula is C20H21N7OS. The molecule has 9 heteroatoms. The summed E-state index contributed by atoms with van der Waals surface area (Å²) in [5.41, 5.74) is 4.03. The van der Waals surface area contributed by atoms with Gasteiger partial charge in [-0.25, -0.2) is 4.98 Å². The van der Waals surface area contributed by atoms with Crippen molar-refractivity contribution in [2.45, 2.75) is 32.1 Å². The van der Waals surface area contributed by atoms with E-state index < -0.39 is 0 Å². The highest BCUT2D eigenvalue weighted by molar-refractivity contribution is 7.15. The summed E-state index contributed by atoms with van der Waals surface area (Å²) in [7, 11) is 2.04. The Balaban J connectivity index is 1.27. The van der Waals surface area contributed by atoms with Crippen LogP contribution in [0.15, 0.2) is 30.6 Å². The molecule has 3 heterocycles. The molecule has 29 heavy (non-hydrogen) atoms. The maximum atomic E-state index is 13.0. The van der Waals surface area contributed by atoms with E-state index in [-0.39, 0.29) is 5.91 Å². The molecule has 1 aliphatic carbocycles. The van der Waals surface area contributed by atoms with E-state index in [9.17, 15) is 4.79 Å². The number of para-hydroxylation sites is 2. The lowest BCUT2D eigenvalue weighted by molar-refractivity contribution is 0.0952. The highest BCUT2D eigenvalue weighted by Crippen LogP contribution is 2.37. The smallest absolute Gasteiger partial charge is 0.254 e. The number of hydrogen-bond donors (Lipinski definition) is 1. The maximum absolute atomic E-state index is 13.0. The molecule has 1 aromatic carbocycles. The summed E-state index contributed by atoms with van der Waals surface area (Å²) in [4.78, 5) is 19.0. The molecule has 148 valence electrons. The van der Waals surface area contributed by atoms with Crippen LogP contribution in [0, 0.1) is 0 Å². The number of rotatable bonds is 6. The summed E-state index contributed by atoms with van der Waals surface area (Å²) >= 11 is 1.62. The first-order valence-corrected chi connectivity index (χ1v) is 10.6. The molecule has 1 amide bonds. The largest absolute Gasteiger partial charge is 0.352 e. The van der Waals surface area contributed by atoms with Gasteiger partial charge in [0.25, 0.3) is 5.91 Å². The third-order valence-corrected chi connectivity index (χ3v) is 6.71. The summed E-state index contributed by atoms with van der Waals surface area (Å²) < 4.78 is 3.72. The molecule has 0 fully saturated rings. The van der Waals surface area contributed by atoms with Crippen LogP contribution in [0.2, 0.25) is 0 Å². The molecule has 1 aliphatic rings. The Kier molecular flexibility index (Phi) is 4.59. The lowest BCUT2D eigenvalue weighted by Crippen LogP contribution is -2.26. The molecule has 0 saturated carbocycles. The molecular weight excluding hydrogens is 386 g/mol. The van der Waals surface area contributed by atoms with Crippen molar-refractivity contribution in [3.05, 3.63) is 52.4 Å². The number of imidazole rings is 1. The van der Waals surface area contributed by atoms with Crippen LogP contribution in [-0.2, 0) is 26.3 Å². The van der Waals surface area contributed by atoms with E-state index in [0.717, 1.165) is 65.1 Å². The summed E-state index contributed by atoms with van der Waals surface area (Å²) in [6.45, 7) is 0.599. The molecule has 0 spiro atoms. The normalized spacial score (nSPS) is 13.1. The average Bonchev–Trinajstić information content (AvgIpc) is 3.49. The fraction of sp³-hybridized carbons (Fsp3) is 0.350. The number of carbonyl (C=O) groups excluding carboxylic acids is 1. The van der Waals surface area contributed by atoms with Gasteiger partial charge < -0.3 is 9.88 Å². The SMILES string of the molecule is Cn1c(CCCNC(=O)c2c(-n3cnnn3)sc3c2CCC3)nc2ccccc21. The van der Waals surface area contributed by atoms with E-state index in [1.165, 1.54) is 4.88 Å². The monoisotopic (exact) mass is 407 g/mol. The van der Waals surface area contributed by atoms with Crippen molar-refractivity contribution in [2.75, 3.05) is 6.54 Å². The van der Waals surface area contributed by atoms with Crippen molar-refractivity contribution in [1.82, 2.24) is 35.1 Å². The predicted molar refractivity (Wildman–Crippen MR) is 110 cm³/mol. The van der Waals surface area contributed by atoms with Gasteiger partial charge in [0.1, 0.15) is 17.2 Å². The van der Waals surface area contributed by atoms with Crippen molar-refractivity contribution in [2.24, 2.45) is 7.05 Å². The Labute approximate surface area is 171 Å². The fourth-order valence-corrected chi connectivity index (χ4v) is 5.30. The molecule has 4 aromatic rings. The van der Waals surface area contributed by atoms with E-state index in [2.05, 4.69) is 31.5 Å². The number of tetrazole rings is 1. The average molecular weight is 408 g/mol. The van der Waals surface area contributed by atoms with Gasteiger partial charge in [0.15, 0.2) is 0 Å². The maximum Gasteiger partial charge on any atom is 0.254 e. The first-order chi connectivity index (χ1) is 14.2. The van der Waals surface area contributed by atoms with Crippen LogP contribution in [0.5, 0.6) is 0 Å². The zero-order valence-electron chi connectivity index (χ0n) is 16.1. The zero-order chi connectivity index (χ0) is 19.8. The van der Waals surface area contributed by atoms with Gasteiger partial charge in [0.05, 0.1) is 16.6 Å². The van der Waals surface area contributed by atoms with Crippen molar-refractivity contribution in [3.63, 3.8) is 0 Å². The summed E-state index contributed by atoms with van der Waals surface area (Å²) in [6, 6.07) is 8.12. The molecule has 1 N–H and O–H groups in total. The number of fused-ring (bicyclic) bond motifs is 2. The summed E-state index contributed by atoms with van der Waals surface area (Å²) in [6.07, 6.45) is 6.25. The molecule has 3 aromatic heterocycles. The number of aryl methyl sites for hydroxylation is 3. The second kappa shape index (κ2) is 7.40. The van der Waals surface area contributed by atoms with E-state index >= 15 is 0 Å². The van der Waals surface area contributed by atoms with Crippen LogP contribution in [-0.4, -0.2) is 42.2 Å². The number of nitrogens with zero attached hydrogens (tertiary/aromatic N) is 6. The highest BCUT2D eigenvalue weighted by Gasteiger charge is 2.27. The van der Waals surface area contributed by atoms with Gasteiger partial charge >= 0.3 is 0 Å². The first-order valence-electron chi connectivity index (χ1n) is 9.79. The summed E-state index contributed by atoms with van der Waals surface area (Å²) in [5.74, 6) is 0.992. The Morgan fingerprint density at radius 2 is 2.17 bits per heavy atom. The first kappa shape index (κ1) is 18.0. The molecule has 0 radical (unpaired) electrons. The molecule has 0 unspecified atom stereocenters. The minimum absolute atomic E-state index is 0.0418. The molecule has 8 nitrogen and oxygen atoms in total. The molecule has 0 bridgehead atoms. The van der Waals surface area contributed by atoms with E-state index in [4.69, 9.17) is 4.98 Å². The van der Waals surface area contributed by atoms with Crippen molar-refractivity contribution >= 4 is 28.3 Å². The number of benzene rings is 1. The van der Waals surface area contributed by atoms with Gasteiger partial charge in [-0.3, -0.25) is 4.79 Å². The van der Waals surface area contributed by atoms with Gasteiger partial charge in [0, 0.05) is 24.9 Å². The Morgan fingerprint density at radius 1 is 1.28 bits per heavy atom. The summed E-state index contributed by atoms with van der Waals surface area (Å²) in [5, 5.41) is 15.3. The van der Waals surface area contributed by atoms with Crippen LogP contribution in [0.1, 0.15) is 39.5 Å². The third-order valence-electron chi connectivity index (χ3n) is 5.43. The fourth-order valence-electron chi connectivity index (χ4n) is 4.00. The zero-order valence-corrected chi connectivity index (χ0v) is 16.9. The number of nitrogens with one attached hydrogen (secondary N) is 1. The van der Waals surface area contributed by atoms with Crippen molar-refractivity contribution in [1.29, 1.82) is 0 Å². The predicted octanol–water partition coefficient (Wildman–Crippen LogP) is 2.46. The number of aromatic nitrogens is 6. The lowest BCUT2D eigenvalue weighted by atomic mass is 10.1. The highest BCUT2D eigenvalue weighted by atomic mass is 32.1. The standard InChI is InChI=1S/C20H21N7OS/c1-26-15-8-3-2-7-14(15)23-17(26)10-5-11-21-19(28)18-13-6-4-9-16(13)29-20(18)27-12-22-24-25-27/h2-3,7-8,12H,4-6,9-11H2,1H3,(H,21,28). The Hall–Kier alpha value is -3.07. The second-order valence-electron chi connectivity index (χ2n) is 7.23. The number of thiophene rings is 1. The van der Waals surface area contributed by atoms with Gasteiger partial charge in [-0.1, -0.05) is 12.1 Å². The van der Waals surface area contributed by atoms with Crippen molar-refractivity contribution < 1.29 is 4.79 Å². The van der Waals surface area contributed by atoms with Crippen LogP contribution in [0.25, 0.3) is 16.0 Å². The van der Waals surface area contributed by atoms with Gasteiger partial charge in [-0.2, -0.15) is 4.68 Å². The van der Waals surface area contributed by atoms with Crippen LogP contribution < -0.4 is 5.32 Å². The minimum Gasteiger partial charge on any atom is -0.352 e. The number of amides is 1.